The van der Waals surface area contributed by atoms with Crippen molar-refractivity contribution in [2.24, 2.45) is 5.73 Å². The molecular formula is C19H20Cl2N2O. The number of aromatic amines is 1. The number of aryl methyl sites for hydroxylation is 1. The molecule has 1 aromatic heterocycles. The Kier molecular flexibility index (Phi) is 5.34. The molecule has 1 heterocycles. The van der Waals surface area contributed by atoms with Crippen LogP contribution in [0.25, 0.3) is 22.2 Å². The van der Waals surface area contributed by atoms with E-state index in [2.05, 4.69) is 4.98 Å². The van der Waals surface area contributed by atoms with E-state index in [-0.39, 0.29) is 0 Å². The number of methoxy groups -OCH3 is 1. The van der Waals surface area contributed by atoms with Crippen LogP contribution in [0.15, 0.2) is 36.4 Å². The third-order valence-corrected chi connectivity index (χ3v) is 4.65. The highest BCUT2D eigenvalue weighted by atomic mass is 35.5. The molecule has 0 atom stereocenters. The molecule has 0 amide bonds. The molecule has 126 valence electrons. The molecule has 0 radical (unpaired) electrons. The van der Waals surface area contributed by atoms with Crippen LogP contribution in [-0.4, -0.2) is 18.6 Å². The van der Waals surface area contributed by atoms with E-state index in [0.717, 1.165) is 52.2 Å². The van der Waals surface area contributed by atoms with Gasteiger partial charge in [0, 0.05) is 26.5 Å². The topological polar surface area (TPSA) is 51.0 Å². The average molecular weight is 363 g/mol. The van der Waals surface area contributed by atoms with Crippen LogP contribution in [0.3, 0.4) is 0 Å². The first-order valence-corrected chi connectivity index (χ1v) is 8.73. The number of halogens is 2. The summed E-state index contributed by atoms with van der Waals surface area (Å²) in [4.78, 5) is 3.51. The third kappa shape index (κ3) is 3.39. The molecule has 0 aliphatic carbocycles. The van der Waals surface area contributed by atoms with E-state index in [9.17, 15) is 0 Å². The van der Waals surface area contributed by atoms with Gasteiger partial charge in [0.25, 0.3) is 0 Å². The van der Waals surface area contributed by atoms with Crippen molar-refractivity contribution in [3.63, 3.8) is 0 Å². The maximum atomic E-state index is 6.22. The van der Waals surface area contributed by atoms with Crippen molar-refractivity contribution in [2.45, 2.75) is 19.3 Å². The molecule has 0 unspecified atom stereocenters. The molecule has 0 aliphatic heterocycles. The van der Waals surface area contributed by atoms with Crippen LogP contribution in [0.5, 0.6) is 5.75 Å². The van der Waals surface area contributed by atoms with Crippen molar-refractivity contribution in [1.82, 2.24) is 4.98 Å². The molecule has 5 heteroatoms. The van der Waals surface area contributed by atoms with Crippen LogP contribution >= 0.6 is 23.2 Å². The lowest BCUT2D eigenvalue weighted by Crippen LogP contribution is -1.99. The molecule has 3 N–H and O–H groups in total. The van der Waals surface area contributed by atoms with Gasteiger partial charge in [-0.05, 0) is 67.8 Å². The minimum absolute atomic E-state index is 0.676. The summed E-state index contributed by atoms with van der Waals surface area (Å²) in [5.41, 5.74) is 9.92. The molecule has 3 rings (SSSR count). The lowest BCUT2D eigenvalue weighted by Gasteiger charge is -2.10. The van der Waals surface area contributed by atoms with Crippen molar-refractivity contribution in [3.8, 4) is 17.0 Å². The first-order valence-electron chi connectivity index (χ1n) is 7.98. The van der Waals surface area contributed by atoms with Gasteiger partial charge in [-0.25, -0.2) is 0 Å². The van der Waals surface area contributed by atoms with E-state index in [0.29, 0.717) is 11.6 Å². The largest absolute Gasteiger partial charge is 0.496 e. The fourth-order valence-electron chi connectivity index (χ4n) is 3.03. The van der Waals surface area contributed by atoms with Gasteiger partial charge in [-0.2, -0.15) is 0 Å². The van der Waals surface area contributed by atoms with Crippen LogP contribution < -0.4 is 10.5 Å². The van der Waals surface area contributed by atoms with Crippen LogP contribution in [0, 0.1) is 0 Å². The average Bonchev–Trinajstić information content (AvgIpc) is 2.93. The molecule has 0 saturated carbocycles. The smallest absolute Gasteiger partial charge is 0.128 e. The number of benzene rings is 2. The summed E-state index contributed by atoms with van der Waals surface area (Å²) >= 11 is 12.4. The second-order valence-corrected chi connectivity index (χ2v) is 6.63. The Morgan fingerprint density at radius 1 is 1.04 bits per heavy atom. The second kappa shape index (κ2) is 7.47. The van der Waals surface area contributed by atoms with Crippen LogP contribution in [-0.2, 0) is 6.42 Å². The molecule has 24 heavy (non-hydrogen) atoms. The lowest BCUT2D eigenvalue weighted by atomic mass is 9.99. The van der Waals surface area contributed by atoms with Gasteiger partial charge in [0.05, 0.1) is 12.8 Å². The van der Waals surface area contributed by atoms with Gasteiger partial charge in [0.1, 0.15) is 5.75 Å². The fraction of sp³-hybridized carbons (Fsp3) is 0.263. The lowest BCUT2D eigenvalue weighted by molar-refractivity contribution is 0.416. The number of rotatable bonds is 6. The number of unbranched alkanes of at least 4 members (excludes halogenated alkanes) is 1. The van der Waals surface area contributed by atoms with E-state index in [1.165, 1.54) is 5.56 Å². The van der Waals surface area contributed by atoms with Crippen molar-refractivity contribution < 1.29 is 4.74 Å². The molecule has 3 nitrogen and oxygen atoms in total. The van der Waals surface area contributed by atoms with Gasteiger partial charge in [-0.1, -0.05) is 23.2 Å². The Morgan fingerprint density at radius 3 is 2.54 bits per heavy atom. The molecular weight excluding hydrogens is 343 g/mol. The number of aromatic nitrogens is 1. The molecule has 0 bridgehead atoms. The highest BCUT2D eigenvalue weighted by Gasteiger charge is 2.17. The molecule has 0 spiro atoms. The second-order valence-electron chi connectivity index (χ2n) is 5.76. The quantitative estimate of drug-likeness (QED) is 0.574. The highest BCUT2D eigenvalue weighted by molar-refractivity contribution is 6.31. The van der Waals surface area contributed by atoms with E-state index in [1.807, 2.05) is 36.4 Å². The summed E-state index contributed by atoms with van der Waals surface area (Å²) in [7, 11) is 1.67. The third-order valence-electron chi connectivity index (χ3n) is 4.18. The summed E-state index contributed by atoms with van der Waals surface area (Å²) in [5.74, 6) is 0.789. The van der Waals surface area contributed by atoms with Crippen LogP contribution in [0.1, 0.15) is 18.4 Å². The molecule has 2 aromatic carbocycles. The molecule has 0 fully saturated rings. The Labute approximate surface area is 151 Å². The van der Waals surface area contributed by atoms with Gasteiger partial charge in [-0.15, -0.1) is 0 Å². The number of ether oxygens (including phenoxy) is 1. The molecule has 0 saturated heterocycles. The Morgan fingerprint density at radius 2 is 1.79 bits per heavy atom. The number of nitrogens with one attached hydrogen (secondary N) is 1. The summed E-state index contributed by atoms with van der Waals surface area (Å²) in [5, 5.41) is 2.54. The number of fused-ring (bicyclic) bond motifs is 1. The van der Waals surface area contributed by atoms with E-state index < -0.39 is 0 Å². The normalized spacial score (nSPS) is 11.2. The monoisotopic (exact) mass is 362 g/mol. The van der Waals surface area contributed by atoms with E-state index >= 15 is 0 Å². The summed E-state index contributed by atoms with van der Waals surface area (Å²) in [6, 6.07) is 11.6. The van der Waals surface area contributed by atoms with Crippen LogP contribution in [0.2, 0.25) is 10.0 Å². The molecule has 0 aliphatic rings. The predicted octanol–water partition coefficient (Wildman–Crippen LogP) is 5.43. The minimum Gasteiger partial charge on any atom is -0.496 e. The van der Waals surface area contributed by atoms with E-state index in [1.54, 1.807) is 7.11 Å². The maximum absolute atomic E-state index is 6.22. The molecule has 3 aromatic rings. The van der Waals surface area contributed by atoms with Gasteiger partial charge >= 0.3 is 0 Å². The number of hydrogen-bond acceptors (Lipinski definition) is 2. The SMILES string of the molecule is COc1ccc(Cl)cc1-c1[nH]c2ccc(Cl)cc2c1CCCCN. The zero-order valence-corrected chi connectivity index (χ0v) is 15.0. The number of hydrogen-bond donors (Lipinski definition) is 2. The summed E-state index contributed by atoms with van der Waals surface area (Å²) in [6.07, 6.45) is 2.92. The summed E-state index contributed by atoms with van der Waals surface area (Å²) < 4.78 is 5.53. The van der Waals surface area contributed by atoms with Crippen molar-refractivity contribution in [1.29, 1.82) is 0 Å². The van der Waals surface area contributed by atoms with Crippen molar-refractivity contribution in [2.75, 3.05) is 13.7 Å². The Hall–Kier alpha value is -1.68. The summed E-state index contributed by atoms with van der Waals surface area (Å²) in [6.45, 7) is 0.693. The van der Waals surface area contributed by atoms with E-state index in [4.69, 9.17) is 33.7 Å². The number of nitrogens with two attached hydrogens (primary N) is 1. The zero-order chi connectivity index (χ0) is 17.1. The Balaban J connectivity index is 2.19. The Bertz CT molecular complexity index is 858. The zero-order valence-electron chi connectivity index (χ0n) is 13.5. The first-order chi connectivity index (χ1) is 11.6. The maximum Gasteiger partial charge on any atom is 0.128 e. The number of H-pyrrole nitrogens is 1. The first kappa shape index (κ1) is 17.2. The highest BCUT2D eigenvalue weighted by Crippen LogP contribution is 2.38. The standard InChI is InChI=1S/C19H20Cl2N2O/c1-24-18-8-6-13(21)11-16(18)19-14(4-2-3-9-22)15-10-12(20)5-7-17(15)23-19/h5-8,10-11,23H,2-4,9,22H2,1H3. The predicted molar refractivity (Wildman–Crippen MR) is 102 cm³/mol. The van der Waals surface area contributed by atoms with Gasteiger partial charge in [0.15, 0.2) is 0 Å². The fourth-order valence-corrected chi connectivity index (χ4v) is 3.38. The van der Waals surface area contributed by atoms with Gasteiger partial charge < -0.3 is 15.5 Å². The van der Waals surface area contributed by atoms with Crippen molar-refractivity contribution >= 4 is 34.1 Å². The van der Waals surface area contributed by atoms with Crippen LogP contribution in [0.4, 0.5) is 0 Å². The van der Waals surface area contributed by atoms with Gasteiger partial charge in [0.2, 0.25) is 0 Å². The minimum atomic E-state index is 0.676. The van der Waals surface area contributed by atoms with Gasteiger partial charge in [-0.3, -0.25) is 0 Å². The van der Waals surface area contributed by atoms with Crippen molar-refractivity contribution in [3.05, 3.63) is 52.0 Å².